The molecule has 31 heavy (non-hydrogen) atoms. The second kappa shape index (κ2) is 11.1. The summed E-state index contributed by atoms with van der Waals surface area (Å²) in [6.45, 7) is 7.04. The fraction of sp³-hybridized carbons (Fsp3) is 0.667. The molecule has 6 nitrogen and oxygen atoms in total. The van der Waals surface area contributed by atoms with Gasteiger partial charge in [0.15, 0.2) is 11.5 Å². The summed E-state index contributed by atoms with van der Waals surface area (Å²) in [4.78, 5) is 29.6. The van der Waals surface area contributed by atoms with Gasteiger partial charge in [-0.15, -0.1) is 0 Å². The van der Waals surface area contributed by atoms with Crippen LogP contribution in [0.15, 0.2) is 12.1 Å². The molecule has 1 aliphatic carbocycles. The van der Waals surface area contributed by atoms with Crippen molar-refractivity contribution in [2.45, 2.75) is 52.4 Å². The van der Waals surface area contributed by atoms with Crippen molar-refractivity contribution in [2.75, 3.05) is 39.9 Å². The molecule has 0 aromatic heterocycles. The lowest BCUT2D eigenvalue weighted by atomic mass is 9.88. The molecule has 0 radical (unpaired) electrons. The number of carbonyl (C=O) groups excluding carboxylic acids is 2. The molecule has 1 saturated heterocycles. The number of hydrogen-bond acceptors (Lipinski definition) is 4. The van der Waals surface area contributed by atoms with E-state index in [1.807, 2.05) is 4.90 Å². The highest BCUT2D eigenvalue weighted by Gasteiger charge is 2.30. The van der Waals surface area contributed by atoms with Crippen molar-refractivity contribution < 1.29 is 19.1 Å². The molecule has 2 fully saturated rings. The number of rotatable bonds is 7. The van der Waals surface area contributed by atoms with Crippen LogP contribution >= 0.6 is 11.6 Å². The SMILES string of the molecule is COc1cc(C(=O)N2CCN(C(=O)C3CCCCC3)CC2)cc(Cl)c1OCCC(C)C. The lowest BCUT2D eigenvalue weighted by Crippen LogP contribution is -2.52. The number of benzene rings is 1. The third kappa shape index (κ3) is 6.06. The second-order valence-corrected chi connectivity index (χ2v) is 9.38. The number of hydrogen-bond donors (Lipinski definition) is 0. The lowest BCUT2D eigenvalue weighted by molar-refractivity contribution is -0.138. The van der Waals surface area contributed by atoms with Gasteiger partial charge in [-0.25, -0.2) is 0 Å². The molecule has 0 N–H and O–H groups in total. The monoisotopic (exact) mass is 450 g/mol. The number of halogens is 1. The molecule has 2 amide bonds. The van der Waals surface area contributed by atoms with Crippen molar-refractivity contribution >= 4 is 23.4 Å². The van der Waals surface area contributed by atoms with Crippen LogP contribution in [0.4, 0.5) is 0 Å². The molecule has 1 aromatic rings. The Bertz CT molecular complexity index is 769. The zero-order valence-corrected chi connectivity index (χ0v) is 19.7. The summed E-state index contributed by atoms with van der Waals surface area (Å²) in [6, 6.07) is 3.34. The highest BCUT2D eigenvalue weighted by molar-refractivity contribution is 6.32. The smallest absolute Gasteiger partial charge is 0.254 e. The largest absolute Gasteiger partial charge is 0.493 e. The van der Waals surface area contributed by atoms with E-state index in [1.54, 1.807) is 24.1 Å². The molecule has 0 bridgehead atoms. The minimum Gasteiger partial charge on any atom is -0.493 e. The fourth-order valence-electron chi connectivity index (χ4n) is 4.30. The van der Waals surface area contributed by atoms with E-state index in [1.165, 1.54) is 6.42 Å². The van der Waals surface area contributed by atoms with Crippen LogP contribution < -0.4 is 9.47 Å². The molecule has 1 aromatic carbocycles. The van der Waals surface area contributed by atoms with Crippen molar-refractivity contribution in [3.63, 3.8) is 0 Å². The maximum Gasteiger partial charge on any atom is 0.254 e. The first-order valence-corrected chi connectivity index (χ1v) is 11.9. The van der Waals surface area contributed by atoms with Gasteiger partial charge < -0.3 is 19.3 Å². The third-order valence-electron chi connectivity index (χ3n) is 6.25. The summed E-state index contributed by atoms with van der Waals surface area (Å²) >= 11 is 6.43. The van der Waals surface area contributed by atoms with E-state index in [2.05, 4.69) is 13.8 Å². The number of nitrogens with zero attached hydrogens (tertiary/aromatic N) is 2. The summed E-state index contributed by atoms with van der Waals surface area (Å²) in [6.07, 6.45) is 6.44. The van der Waals surface area contributed by atoms with Crippen LogP contribution in [0.25, 0.3) is 0 Å². The summed E-state index contributed by atoms with van der Waals surface area (Å²) < 4.78 is 11.3. The van der Waals surface area contributed by atoms with Crippen LogP contribution in [-0.4, -0.2) is 61.5 Å². The zero-order valence-electron chi connectivity index (χ0n) is 19.0. The molecule has 1 aliphatic heterocycles. The first-order chi connectivity index (χ1) is 14.9. The molecule has 3 rings (SSSR count). The van der Waals surface area contributed by atoms with Gasteiger partial charge in [-0.3, -0.25) is 9.59 Å². The predicted molar refractivity (Wildman–Crippen MR) is 122 cm³/mol. The normalized spacial score (nSPS) is 17.7. The Morgan fingerprint density at radius 1 is 1.06 bits per heavy atom. The van der Waals surface area contributed by atoms with Crippen LogP contribution in [0.5, 0.6) is 11.5 Å². The van der Waals surface area contributed by atoms with Gasteiger partial charge in [0.25, 0.3) is 5.91 Å². The molecule has 0 spiro atoms. The van der Waals surface area contributed by atoms with E-state index in [0.29, 0.717) is 60.8 Å². The Labute approximate surface area is 190 Å². The first kappa shape index (κ1) is 23.7. The Kier molecular flexibility index (Phi) is 8.47. The molecular formula is C24H35ClN2O4. The van der Waals surface area contributed by atoms with E-state index in [4.69, 9.17) is 21.1 Å². The van der Waals surface area contributed by atoms with Crippen LogP contribution in [0.2, 0.25) is 5.02 Å². The van der Waals surface area contributed by atoms with Crippen molar-refractivity contribution in [3.05, 3.63) is 22.7 Å². The molecule has 172 valence electrons. The number of carbonyl (C=O) groups is 2. The molecule has 1 heterocycles. The van der Waals surface area contributed by atoms with Crippen LogP contribution in [0.1, 0.15) is 62.7 Å². The van der Waals surface area contributed by atoms with Gasteiger partial charge in [-0.1, -0.05) is 44.7 Å². The standard InChI is InChI=1S/C24H35ClN2O4/c1-17(2)9-14-31-22-20(25)15-19(16-21(22)30-3)24(29)27-12-10-26(11-13-27)23(28)18-7-5-4-6-8-18/h15-18H,4-14H2,1-3H3. The average Bonchev–Trinajstić information content (AvgIpc) is 2.79. The molecule has 7 heteroatoms. The van der Waals surface area contributed by atoms with E-state index < -0.39 is 0 Å². The maximum absolute atomic E-state index is 13.1. The molecular weight excluding hydrogens is 416 g/mol. The Balaban J connectivity index is 1.61. The average molecular weight is 451 g/mol. The third-order valence-corrected chi connectivity index (χ3v) is 6.53. The van der Waals surface area contributed by atoms with E-state index in [-0.39, 0.29) is 17.7 Å². The van der Waals surface area contributed by atoms with Crippen molar-refractivity contribution in [3.8, 4) is 11.5 Å². The number of ether oxygens (including phenoxy) is 2. The van der Waals surface area contributed by atoms with E-state index in [9.17, 15) is 9.59 Å². The molecule has 2 aliphatic rings. The number of piperazine rings is 1. The Morgan fingerprint density at radius 3 is 2.32 bits per heavy atom. The zero-order chi connectivity index (χ0) is 22.4. The lowest BCUT2D eigenvalue weighted by Gasteiger charge is -2.37. The molecule has 0 atom stereocenters. The van der Waals surface area contributed by atoms with Gasteiger partial charge in [-0.05, 0) is 37.3 Å². The molecule has 0 unspecified atom stereocenters. The summed E-state index contributed by atoms with van der Waals surface area (Å²) in [5, 5.41) is 0.373. The minimum atomic E-state index is -0.0984. The highest BCUT2D eigenvalue weighted by atomic mass is 35.5. The predicted octanol–water partition coefficient (Wildman–Crippen LogP) is 4.64. The maximum atomic E-state index is 13.1. The van der Waals surface area contributed by atoms with E-state index in [0.717, 1.165) is 32.1 Å². The van der Waals surface area contributed by atoms with Gasteiger partial charge in [0.05, 0.1) is 18.7 Å². The topological polar surface area (TPSA) is 59.1 Å². The second-order valence-electron chi connectivity index (χ2n) is 8.97. The van der Waals surface area contributed by atoms with Gasteiger partial charge in [0.1, 0.15) is 0 Å². The van der Waals surface area contributed by atoms with Gasteiger partial charge in [-0.2, -0.15) is 0 Å². The summed E-state index contributed by atoms with van der Waals surface area (Å²) in [7, 11) is 1.55. The van der Waals surface area contributed by atoms with Crippen molar-refractivity contribution in [2.24, 2.45) is 11.8 Å². The van der Waals surface area contributed by atoms with Gasteiger partial charge in [0, 0.05) is 37.7 Å². The first-order valence-electron chi connectivity index (χ1n) is 11.5. The molecule has 1 saturated carbocycles. The van der Waals surface area contributed by atoms with Crippen LogP contribution in [0.3, 0.4) is 0 Å². The number of amides is 2. The van der Waals surface area contributed by atoms with Gasteiger partial charge >= 0.3 is 0 Å². The van der Waals surface area contributed by atoms with Crippen molar-refractivity contribution in [1.82, 2.24) is 9.80 Å². The Hall–Kier alpha value is -1.95. The van der Waals surface area contributed by atoms with Crippen LogP contribution in [0, 0.1) is 11.8 Å². The highest BCUT2D eigenvalue weighted by Crippen LogP contribution is 2.37. The minimum absolute atomic E-state index is 0.0984. The fourth-order valence-corrected chi connectivity index (χ4v) is 4.57. The van der Waals surface area contributed by atoms with E-state index >= 15 is 0 Å². The summed E-state index contributed by atoms with van der Waals surface area (Å²) in [5.41, 5.74) is 0.477. The van der Waals surface area contributed by atoms with Gasteiger partial charge in [0.2, 0.25) is 5.91 Å². The summed E-state index contributed by atoms with van der Waals surface area (Å²) in [5.74, 6) is 1.80. The quantitative estimate of drug-likeness (QED) is 0.607. The van der Waals surface area contributed by atoms with Crippen LogP contribution in [-0.2, 0) is 4.79 Å². The Morgan fingerprint density at radius 2 is 1.71 bits per heavy atom. The van der Waals surface area contributed by atoms with Crippen molar-refractivity contribution in [1.29, 1.82) is 0 Å². The number of methoxy groups -OCH3 is 1.